The first-order valence-corrected chi connectivity index (χ1v) is 23.0. The summed E-state index contributed by atoms with van der Waals surface area (Å²) in [6, 6.07) is 11.5. The number of thioether (sulfide) groups is 1. The predicted molar refractivity (Wildman–Crippen MR) is 249 cm³/mol. The number of benzene rings is 2. The molecule has 0 saturated carbocycles. The SMILES string of the molecule is Cc1cccc(C)c1OCC(=O)N[C@@H](Cc1ccccc1)[C@H](OC(=O)CCC(=O)NCC(=O)OCC1OC(n2cc(C)c(=O)[nH]c2=O)CC1N=[N+]=[N-])C(=O)N1CSC(C)(C)[C@H]1C(=O)NC(C)(C)C. The van der Waals surface area contributed by atoms with Gasteiger partial charge >= 0.3 is 17.6 Å². The van der Waals surface area contributed by atoms with Crippen LogP contribution in [0.15, 0.2) is 69.4 Å². The van der Waals surface area contributed by atoms with Gasteiger partial charge in [0.15, 0.2) is 6.61 Å². The number of amides is 4. The van der Waals surface area contributed by atoms with Crippen LogP contribution in [0.5, 0.6) is 5.75 Å². The summed E-state index contributed by atoms with van der Waals surface area (Å²) >= 11 is 1.36. The number of esters is 2. The van der Waals surface area contributed by atoms with E-state index in [4.69, 9.17) is 24.5 Å². The number of hydrogen-bond acceptors (Lipinski definition) is 14. The molecule has 5 rings (SSSR count). The van der Waals surface area contributed by atoms with Crippen molar-refractivity contribution in [1.29, 1.82) is 0 Å². The van der Waals surface area contributed by atoms with E-state index in [1.165, 1.54) is 29.8 Å². The standard InChI is InChI=1S/C46H59N9O12S/c1-26-13-12-14-27(2)38(26)65-24-34(57)49-31(19-29-15-10-9-11-16-29)39(43(62)55-25-68-46(7,8)40(55)42(61)51-45(4,5)6)67-36(58)18-17-33(56)48-21-37(59)64-23-32-30(52-53-47)20-35(66-32)54-22-28(3)41(60)50-44(54)63/h9-16,22,30-32,35,39-40H,17-21,23-25H2,1-8H3,(H,48,56)(H,49,57)(H,51,61)(H,50,60,63)/t30?,31-,32?,35?,39-,40+/m0/s1. The summed E-state index contributed by atoms with van der Waals surface area (Å²) in [5, 5.41) is 11.9. The zero-order valence-corrected chi connectivity index (χ0v) is 40.2. The number of aromatic amines is 1. The minimum absolute atomic E-state index is 0.0208. The third-order valence-corrected chi connectivity index (χ3v) is 12.5. The molecule has 21 nitrogen and oxygen atoms in total. The van der Waals surface area contributed by atoms with Crippen LogP contribution in [0.1, 0.15) is 82.4 Å². The van der Waals surface area contributed by atoms with Gasteiger partial charge in [-0.05, 0) is 84.0 Å². The van der Waals surface area contributed by atoms with Crippen molar-refractivity contribution >= 4 is 47.3 Å². The summed E-state index contributed by atoms with van der Waals surface area (Å²) in [7, 11) is 0. The van der Waals surface area contributed by atoms with Crippen LogP contribution in [0.3, 0.4) is 0 Å². The first-order valence-electron chi connectivity index (χ1n) is 22.0. The second-order valence-electron chi connectivity index (χ2n) is 18.2. The number of carbonyl (C=O) groups excluding carboxylic acids is 6. The molecule has 0 aliphatic carbocycles. The molecule has 2 aliphatic rings. The number of carbonyl (C=O) groups is 6. The predicted octanol–water partition coefficient (Wildman–Crippen LogP) is 3.18. The van der Waals surface area contributed by atoms with Gasteiger partial charge in [0.25, 0.3) is 17.4 Å². The fourth-order valence-corrected chi connectivity index (χ4v) is 8.90. The largest absolute Gasteiger partial charge is 0.483 e. The maximum Gasteiger partial charge on any atom is 0.330 e. The first kappa shape index (κ1) is 52.3. The fraction of sp³-hybridized carbons (Fsp3) is 0.522. The molecular weight excluding hydrogens is 903 g/mol. The van der Waals surface area contributed by atoms with Gasteiger partial charge in [-0.1, -0.05) is 53.6 Å². The van der Waals surface area contributed by atoms with E-state index in [-0.39, 0.29) is 24.3 Å². The molecule has 2 aliphatic heterocycles. The van der Waals surface area contributed by atoms with E-state index in [1.54, 1.807) is 30.3 Å². The van der Waals surface area contributed by atoms with Crippen LogP contribution >= 0.6 is 11.8 Å². The molecule has 0 bridgehead atoms. The Hall–Kier alpha value is -6.64. The zero-order valence-electron chi connectivity index (χ0n) is 39.4. The van der Waals surface area contributed by atoms with Crippen molar-refractivity contribution in [2.45, 2.75) is 128 Å². The van der Waals surface area contributed by atoms with Crippen LogP contribution in [0, 0.1) is 20.8 Å². The number of aryl methyl sites for hydroxylation is 3. The molecule has 6 atom stereocenters. The number of azide groups is 1. The maximum atomic E-state index is 14.9. The number of hydrogen-bond donors (Lipinski definition) is 4. The number of nitrogens with zero attached hydrogens (tertiary/aromatic N) is 5. The summed E-state index contributed by atoms with van der Waals surface area (Å²) in [5.41, 5.74) is 9.69. The molecular formula is C46H59N9O12S. The monoisotopic (exact) mass is 961 g/mol. The van der Waals surface area contributed by atoms with Crippen molar-refractivity contribution in [2.75, 3.05) is 25.6 Å². The Bertz CT molecular complexity index is 2500. The van der Waals surface area contributed by atoms with E-state index in [0.717, 1.165) is 15.7 Å². The molecule has 366 valence electrons. The van der Waals surface area contributed by atoms with Gasteiger partial charge in [-0.25, -0.2) is 4.79 Å². The van der Waals surface area contributed by atoms with Crippen molar-refractivity contribution in [3.63, 3.8) is 0 Å². The van der Waals surface area contributed by atoms with Crippen LogP contribution < -0.4 is 31.9 Å². The van der Waals surface area contributed by atoms with E-state index < -0.39 is 126 Å². The van der Waals surface area contributed by atoms with E-state index in [0.29, 0.717) is 11.3 Å². The Kier molecular flexibility index (Phi) is 17.6. The highest BCUT2D eigenvalue weighted by molar-refractivity contribution is 8.00. The molecule has 1 aromatic heterocycles. The highest BCUT2D eigenvalue weighted by atomic mass is 32.2. The second-order valence-corrected chi connectivity index (χ2v) is 19.8. The Morgan fingerprint density at radius 2 is 1.66 bits per heavy atom. The van der Waals surface area contributed by atoms with Gasteiger partial charge in [0.2, 0.25) is 17.9 Å². The number of rotatable bonds is 19. The molecule has 22 heteroatoms. The van der Waals surface area contributed by atoms with Crippen LogP contribution in [0.25, 0.3) is 10.4 Å². The lowest BCUT2D eigenvalue weighted by atomic mass is 9.96. The lowest BCUT2D eigenvalue weighted by Crippen LogP contribution is -2.61. The smallest absolute Gasteiger partial charge is 0.330 e. The molecule has 0 radical (unpaired) electrons. The van der Waals surface area contributed by atoms with Crippen molar-refractivity contribution in [3.05, 3.63) is 108 Å². The Balaban J connectivity index is 1.28. The van der Waals surface area contributed by atoms with Gasteiger partial charge in [-0.3, -0.25) is 43.1 Å². The van der Waals surface area contributed by atoms with E-state index in [9.17, 15) is 38.4 Å². The molecule has 3 heterocycles. The topological polar surface area (TPSA) is 282 Å². The highest BCUT2D eigenvalue weighted by Crippen LogP contribution is 2.40. The summed E-state index contributed by atoms with van der Waals surface area (Å²) in [5.74, 6) is -3.80. The molecule has 3 unspecified atom stereocenters. The molecule has 4 amide bonds. The molecule has 0 spiro atoms. The molecule has 68 heavy (non-hydrogen) atoms. The summed E-state index contributed by atoms with van der Waals surface area (Å²) in [4.78, 5) is 112. The minimum atomic E-state index is -1.68. The molecule has 2 saturated heterocycles. The van der Waals surface area contributed by atoms with Gasteiger partial charge in [-0.15, -0.1) is 11.8 Å². The number of para-hydroxylation sites is 1. The van der Waals surface area contributed by atoms with Gasteiger partial charge in [0.05, 0.1) is 24.4 Å². The molecule has 2 aromatic carbocycles. The van der Waals surface area contributed by atoms with E-state index in [1.807, 2.05) is 66.7 Å². The van der Waals surface area contributed by atoms with Crippen molar-refractivity contribution < 1.29 is 47.7 Å². The molecule has 2 fully saturated rings. The summed E-state index contributed by atoms with van der Waals surface area (Å²) in [6.45, 7) is 12.8. The minimum Gasteiger partial charge on any atom is -0.483 e. The van der Waals surface area contributed by atoms with Crippen LogP contribution in [-0.2, 0) is 49.4 Å². The third kappa shape index (κ3) is 14.2. The summed E-state index contributed by atoms with van der Waals surface area (Å²) in [6.07, 6.45) is -3.23. The second kappa shape index (κ2) is 22.9. The van der Waals surface area contributed by atoms with Crippen LogP contribution in [-0.4, -0.2) is 116 Å². The fourth-order valence-electron chi connectivity index (χ4n) is 7.76. The quantitative estimate of drug-likeness (QED) is 0.0582. The number of ether oxygens (including phenoxy) is 4. The normalized spacial score (nSPS) is 19.4. The third-order valence-electron chi connectivity index (χ3n) is 11.1. The van der Waals surface area contributed by atoms with Gasteiger partial charge in [-0.2, -0.15) is 0 Å². The average molecular weight is 962 g/mol. The number of H-pyrrole nitrogens is 1. The zero-order chi connectivity index (χ0) is 49.9. The van der Waals surface area contributed by atoms with E-state index >= 15 is 0 Å². The van der Waals surface area contributed by atoms with Crippen molar-refractivity contribution in [1.82, 2.24) is 30.4 Å². The van der Waals surface area contributed by atoms with Crippen molar-refractivity contribution in [3.8, 4) is 5.75 Å². The Morgan fingerprint density at radius 3 is 2.32 bits per heavy atom. The van der Waals surface area contributed by atoms with Gasteiger partial charge < -0.3 is 39.8 Å². The Labute approximate surface area is 397 Å². The van der Waals surface area contributed by atoms with Gasteiger partial charge in [0, 0.05) is 39.8 Å². The lowest BCUT2D eigenvalue weighted by Gasteiger charge is -2.36. The molecule has 3 aromatic rings. The van der Waals surface area contributed by atoms with Crippen LogP contribution in [0.4, 0.5) is 0 Å². The van der Waals surface area contributed by atoms with Crippen molar-refractivity contribution in [2.24, 2.45) is 5.11 Å². The first-order chi connectivity index (χ1) is 32.1. The van der Waals surface area contributed by atoms with Crippen LogP contribution in [0.2, 0.25) is 0 Å². The highest BCUT2D eigenvalue weighted by Gasteiger charge is 2.51. The molecule has 4 N–H and O–H groups in total. The van der Waals surface area contributed by atoms with Gasteiger partial charge in [0.1, 0.15) is 37.3 Å². The number of nitrogens with one attached hydrogen (secondary N) is 4. The summed E-state index contributed by atoms with van der Waals surface area (Å²) < 4.78 is 23.4. The maximum absolute atomic E-state index is 14.9. The average Bonchev–Trinajstić information content (AvgIpc) is 3.82. The lowest BCUT2D eigenvalue weighted by molar-refractivity contribution is -0.164. The Morgan fingerprint density at radius 1 is 0.971 bits per heavy atom. The number of aromatic nitrogens is 2. The van der Waals surface area contributed by atoms with E-state index in [2.05, 4.69) is 31.0 Å².